The van der Waals surface area contributed by atoms with Crippen LogP contribution in [0.15, 0.2) is 30.7 Å². The zero-order valence-electron chi connectivity index (χ0n) is 15.6. The average molecular weight is 419 g/mol. The van der Waals surface area contributed by atoms with E-state index in [4.69, 9.17) is 15.6 Å². The van der Waals surface area contributed by atoms with E-state index in [2.05, 4.69) is 14.7 Å². The highest BCUT2D eigenvalue weighted by Crippen LogP contribution is 2.25. The Balaban J connectivity index is 2.30. The molecule has 7 nitrogen and oxygen atoms in total. The topological polar surface area (TPSA) is 96.9 Å². The van der Waals surface area contributed by atoms with E-state index in [9.17, 15) is 22.0 Å². The van der Waals surface area contributed by atoms with E-state index in [1.165, 1.54) is 26.0 Å². The Labute approximate surface area is 162 Å². The molecule has 12 heteroatoms. The quantitative estimate of drug-likeness (QED) is 0.425. The van der Waals surface area contributed by atoms with Crippen molar-refractivity contribution in [3.05, 3.63) is 36.2 Å². The number of alkyl halides is 5. The highest BCUT2D eigenvalue weighted by Gasteiger charge is 2.39. The first kappa shape index (κ1) is 22.4. The van der Waals surface area contributed by atoms with Crippen LogP contribution < -0.4 is 10.2 Å². The normalized spacial score (nSPS) is 13.4. The van der Waals surface area contributed by atoms with Gasteiger partial charge in [0.05, 0.1) is 18.0 Å². The van der Waals surface area contributed by atoms with Gasteiger partial charge in [-0.15, -0.1) is 0 Å². The van der Waals surface area contributed by atoms with Gasteiger partial charge >= 0.3 is 12.3 Å². The summed E-state index contributed by atoms with van der Waals surface area (Å²) in [7, 11) is 0. The second-order valence-electron chi connectivity index (χ2n) is 6.25. The Kier molecular flexibility index (Phi) is 6.36. The molecule has 0 spiro atoms. The van der Waals surface area contributed by atoms with Gasteiger partial charge in [0.15, 0.2) is 6.10 Å². The van der Waals surface area contributed by atoms with E-state index in [-0.39, 0.29) is 17.1 Å². The minimum absolute atomic E-state index is 0.0639. The lowest BCUT2D eigenvalue weighted by Crippen LogP contribution is -2.42. The number of pyridine rings is 1. The molecule has 0 bridgehead atoms. The van der Waals surface area contributed by atoms with Crippen LogP contribution in [0.4, 0.5) is 22.0 Å². The molecule has 2 heterocycles. The molecule has 29 heavy (non-hydrogen) atoms. The van der Waals surface area contributed by atoms with Crippen LogP contribution in [0.1, 0.15) is 20.8 Å². The highest BCUT2D eigenvalue weighted by atomic mass is 19.4. The van der Waals surface area contributed by atoms with Crippen LogP contribution in [0.2, 0.25) is 0 Å². The SMILES string of the molecule is CC(C)OC(F)(F)C(=N)n1cc(-c2ccc(OC(C)C(F)(F)F)nc2)ncc1=N. The smallest absolute Gasteiger partial charge is 0.425 e. The molecular formula is C17H18F5N5O2. The molecule has 0 aliphatic carbocycles. The number of halogens is 5. The standard InChI is InChI=1S/C17H18F5N5O2/c1-9(2)29-17(21,22)15(24)27-8-12(25-7-13(27)23)11-4-5-14(26-6-11)28-10(3)16(18,19)20/h4-10,23-24H,1-3H3. The van der Waals surface area contributed by atoms with Crippen molar-refractivity contribution in [1.29, 1.82) is 10.8 Å². The first-order chi connectivity index (χ1) is 13.3. The maximum absolute atomic E-state index is 14.0. The zero-order chi connectivity index (χ0) is 22.0. The van der Waals surface area contributed by atoms with Crippen molar-refractivity contribution in [2.75, 3.05) is 0 Å². The van der Waals surface area contributed by atoms with Crippen LogP contribution in [0, 0.1) is 10.8 Å². The van der Waals surface area contributed by atoms with E-state index < -0.39 is 35.8 Å². The Bertz CT molecular complexity index is 925. The molecule has 158 valence electrons. The first-order valence-electron chi connectivity index (χ1n) is 8.29. The van der Waals surface area contributed by atoms with Gasteiger partial charge in [-0.25, -0.2) is 4.98 Å². The van der Waals surface area contributed by atoms with E-state index in [1.807, 2.05) is 0 Å². The van der Waals surface area contributed by atoms with Crippen LogP contribution in [-0.2, 0) is 4.74 Å². The third kappa shape index (κ3) is 5.56. The summed E-state index contributed by atoms with van der Waals surface area (Å²) in [6, 6.07) is 2.49. The Morgan fingerprint density at radius 3 is 2.24 bits per heavy atom. The lowest BCUT2D eigenvalue weighted by Gasteiger charge is -2.21. The fourth-order valence-electron chi connectivity index (χ4n) is 2.09. The second-order valence-corrected chi connectivity index (χ2v) is 6.25. The van der Waals surface area contributed by atoms with Gasteiger partial charge < -0.3 is 9.47 Å². The van der Waals surface area contributed by atoms with Crippen molar-refractivity contribution in [3.8, 4) is 17.1 Å². The Morgan fingerprint density at radius 1 is 1.07 bits per heavy atom. The molecule has 1 unspecified atom stereocenters. The molecule has 0 amide bonds. The zero-order valence-corrected chi connectivity index (χ0v) is 15.6. The van der Waals surface area contributed by atoms with Crippen molar-refractivity contribution in [1.82, 2.24) is 14.5 Å². The van der Waals surface area contributed by atoms with Gasteiger partial charge in [0.2, 0.25) is 11.7 Å². The maximum Gasteiger partial charge on any atom is 0.425 e. The molecule has 2 aromatic rings. The summed E-state index contributed by atoms with van der Waals surface area (Å²) in [5.74, 6) is -1.57. The van der Waals surface area contributed by atoms with E-state index in [0.29, 0.717) is 4.57 Å². The average Bonchev–Trinajstić information content (AvgIpc) is 2.60. The Morgan fingerprint density at radius 2 is 1.72 bits per heavy atom. The predicted octanol–water partition coefficient (Wildman–Crippen LogP) is 3.60. The number of nitrogens with zero attached hydrogens (tertiary/aromatic N) is 3. The molecule has 0 aliphatic heterocycles. The Hall–Kier alpha value is -2.89. The minimum Gasteiger partial charge on any atom is -0.465 e. The number of aromatic nitrogens is 3. The summed E-state index contributed by atoms with van der Waals surface area (Å²) in [5.41, 5.74) is -0.168. The molecule has 0 saturated heterocycles. The number of nitrogens with one attached hydrogen (secondary N) is 2. The summed E-state index contributed by atoms with van der Waals surface area (Å²) < 4.78 is 75.4. The largest absolute Gasteiger partial charge is 0.465 e. The van der Waals surface area contributed by atoms with Crippen LogP contribution in [-0.4, -0.2) is 44.9 Å². The highest BCUT2D eigenvalue weighted by molar-refractivity contribution is 5.87. The van der Waals surface area contributed by atoms with Gasteiger partial charge in [-0.3, -0.25) is 20.4 Å². The van der Waals surface area contributed by atoms with Crippen molar-refractivity contribution < 1.29 is 31.4 Å². The summed E-state index contributed by atoms with van der Waals surface area (Å²) in [5, 5.41) is 15.4. The molecule has 0 aliphatic rings. The molecule has 0 fully saturated rings. The predicted molar refractivity (Wildman–Crippen MR) is 91.8 cm³/mol. The third-order valence-corrected chi connectivity index (χ3v) is 3.53. The summed E-state index contributed by atoms with van der Waals surface area (Å²) in [6.07, 6.45) is -8.33. The van der Waals surface area contributed by atoms with Gasteiger partial charge in [0.1, 0.15) is 5.49 Å². The molecule has 2 N–H and O–H groups in total. The second kappa shape index (κ2) is 8.23. The molecular weight excluding hydrogens is 401 g/mol. The third-order valence-electron chi connectivity index (χ3n) is 3.53. The molecule has 2 rings (SSSR count). The first-order valence-corrected chi connectivity index (χ1v) is 8.29. The fourth-order valence-corrected chi connectivity index (χ4v) is 2.09. The van der Waals surface area contributed by atoms with Crippen molar-refractivity contribution in [2.45, 2.75) is 45.3 Å². The van der Waals surface area contributed by atoms with Gasteiger partial charge in [0, 0.05) is 24.0 Å². The molecule has 0 aromatic carbocycles. The van der Waals surface area contributed by atoms with E-state index >= 15 is 0 Å². The minimum atomic E-state index is -4.55. The van der Waals surface area contributed by atoms with Gasteiger partial charge in [-0.05, 0) is 26.8 Å². The monoisotopic (exact) mass is 419 g/mol. The lowest BCUT2D eigenvalue weighted by atomic mass is 10.2. The molecule has 0 radical (unpaired) electrons. The number of hydrogen-bond acceptors (Lipinski definition) is 6. The van der Waals surface area contributed by atoms with Gasteiger partial charge in [0.25, 0.3) is 0 Å². The number of ether oxygens (including phenoxy) is 2. The lowest BCUT2D eigenvalue weighted by molar-refractivity contribution is -0.206. The van der Waals surface area contributed by atoms with Crippen molar-refractivity contribution in [2.24, 2.45) is 0 Å². The van der Waals surface area contributed by atoms with Crippen molar-refractivity contribution >= 4 is 5.84 Å². The summed E-state index contributed by atoms with van der Waals surface area (Å²) in [6.45, 7) is 3.58. The summed E-state index contributed by atoms with van der Waals surface area (Å²) in [4.78, 5) is 7.66. The van der Waals surface area contributed by atoms with Gasteiger partial charge in [-0.1, -0.05) is 0 Å². The maximum atomic E-state index is 14.0. The van der Waals surface area contributed by atoms with Crippen molar-refractivity contribution in [3.63, 3.8) is 0 Å². The van der Waals surface area contributed by atoms with Gasteiger partial charge in [-0.2, -0.15) is 22.0 Å². The molecule has 2 aromatic heterocycles. The van der Waals surface area contributed by atoms with E-state index in [1.54, 1.807) is 0 Å². The van der Waals surface area contributed by atoms with E-state index in [0.717, 1.165) is 25.5 Å². The number of rotatable bonds is 6. The molecule has 1 atom stereocenters. The number of hydrogen-bond donors (Lipinski definition) is 2. The van der Waals surface area contributed by atoms with Crippen LogP contribution in [0.3, 0.4) is 0 Å². The molecule has 0 saturated carbocycles. The summed E-state index contributed by atoms with van der Waals surface area (Å²) >= 11 is 0. The van der Waals surface area contributed by atoms with Crippen LogP contribution in [0.5, 0.6) is 5.88 Å². The van der Waals surface area contributed by atoms with Crippen LogP contribution >= 0.6 is 0 Å². The van der Waals surface area contributed by atoms with Crippen LogP contribution in [0.25, 0.3) is 11.3 Å². The fraction of sp³-hybridized carbons (Fsp3) is 0.412.